The third-order valence-electron chi connectivity index (χ3n) is 3.35. The largest absolute Gasteiger partial charge is 0.341 e. The summed E-state index contributed by atoms with van der Waals surface area (Å²) in [5.74, 6) is -0.424. The molecule has 0 saturated heterocycles. The van der Waals surface area contributed by atoms with Gasteiger partial charge in [-0.15, -0.1) is 11.3 Å². The van der Waals surface area contributed by atoms with E-state index in [-0.39, 0.29) is 17.3 Å². The number of carbonyl (C=O) groups excluding carboxylic acids is 1. The summed E-state index contributed by atoms with van der Waals surface area (Å²) in [6.07, 6.45) is 1.76. The average molecular weight is 276 g/mol. The van der Waals surface area contributed by atoms with Crippen LogP contribution in [0.5, 0.6) is 0 Å². The number of halogens is 1. The Hall–Kier alpha value is -1.75. The maximum absolute atomic E-state index is 12.9. The summed E-state index contributed by atoms with van der Waals surface area (Å²) in [6, 6.07) is 6.31. The highest BCUT2D eigenvalue weighted by Gasteiger charge is 2.45. The number of rotatable bonds is 3. The summed E-state index contributed by atoms with van der Waals surface area (Å²) < 4.78 is 12.9. The first-order chi connectivity index (χ1) is 9.09. The standard InChI is InChI=1S/C14H13FN2OS/c1-9-16-12(8-19-9)13(18)17-14(6-7-14)10-2-4-11(15)5-3-10/h2-5,8H,6-7H2,1H3,(H,17,18). The molecular formula is C14H13FN2OS. The maximum atomic E-state index is 12.9. The molecule has 3 rings (SSSR count). The molecule has 2 aromatic rings. The lowest BCUT2D eigenvalue weighted by molar-refractivity contribution is 0.0926. The van der Waals surface area contributed by atoms with E-state index in [0.717, 1.165) is 23.4 Å². The van der Waals surface area contributed by atoms with Gasteiger partial charge in [0, 0.05) is 5.38 Å². The average Bonchev–Trinajstić information content (AvgIpc) is 3.03. The highest BCUT2D eigenvalue weighted by molar-refractivity contribution is 7.09. The van der Waals surface area contributed by atoms with Crippen LogP contribution in [0.3, 0.4) is 0 Å². The van der Waals surface area contributed by atoms with E-state index < -0.39 is 0 Å². The molecule has 0 bridgehead atoms. The quantitative estimate of drug-likeness (QED) is 0.936. The Balaban J connectivity index is 1.79. The van der Waals surface area contributed by atoms with E-state index in [1.54, 1.807) is 17.5 Å². The van der Waals surface area contributed by atoms with Gasteiger partial charge in [0.15, 0.2) is 0 Å². The SMILES string of the molecule is Cc1nc(C(=O)NC2(c3ccc(F)cc3)CC2)cs1. The number of carbonyl (C=O) groups is 1. The molecule has 1 aliphatic rings. The van der Waals surface area contributed by atoms with Crippen molar-refractivity contribution in [2.24, 2.45) is 0 Å². The van der Waals surface area contributed by atoms with Gasteiger partial charge in [0.25, 0.3) is 5.91 Å². The highest BCUT2D eigenvalue weighted by Crippen LogP contribution is 2.45. The Morgan fingerprint density at radius 2 is 2.05 bits per heavy atom. The molecule has 1 aromatic carbocycles. The first-order valence-electron chi connectivity index (χ1n) is 6.10. The van der Waals surface area contributed by atoms with E-state index in [4.69, 9.17) is 0 Å². The van der Waals surface area contributed by atoms with E-state index in [1.165, 1.54) is 23.5 Å². The Labute approximate surface area is 114 Å². The van der Waals surface area contributed by atoms with Crippen molar-refractivity contribution in [3.05, 3.63) is 51.7 Å². The summed E-state index contributed by atoms with van der Waals surface area (Å²) in [7, 11) is 0. The monoisotopic (exact) mass is 276 g/mol. The number of benzene rings is 1. The summed E-state index contributed by atoms with van der Waals surface area (Å²) >= 11 is 1.46. The molecule has 1 heterocycles. The van der Waals surface area contributed by atoms with Gasteiger partial charge >= 0.3 is 0 Å². The van der Waals surface area contributed by atoms with Crippen LogP contribution in [0.25, 0.3) is 0 Å². The Bertz CT molecular complexity index is 617. The van der Waals surface area contributed by atoms with E-state index in [1.807, 2.05) is 6.92 Å². The fraction of sp³-hybridized carbons (Fsp3) is 0.286. The van der Waals surface area contributed by atoms with Crippen molar-refractivity contribution in [1.29, 1.82) is 0 Å². The molecule has 5 heteroatoms. The fourth-order valence-corrected chi connectivity index (χ4v) is 2.72. The minimum atomic E-state index is -0.331. The van der Waals surface area contributed by atoms with Gasteiger partial charge in [-0.2, -0.15) is 0 Å². The number of amides is 1. The van der Waals surface area contributed by atoms with Gasteiger partial charge < -0.3 is 5.32 Å². The van der Waals surface area contributed by atoms with Crippen molar-refractivity contribution in [3.63, 3.8) is 0 Å². The summed E-state index contributed by atoms with van der Waals surface area (Å²) in [5, 5.41) is 5.64. The fourth-order valence-electron chi connectivity index (χ4n) is 2.13. The van der Waals surface area contributed by atoms with Gasteiger partial charge in [-0.05, 0) is 37.5 Å². The minimum absolute atomic E-state index is 0.161. The zero-order valence-corrected chi connectivity index (χ0v) is 11.3. The lowest BCUT2D eigenvalue weighted by Gasteiger charge is -2.17. The highest BCUT2D eigenvalue weighted by atomic mass is 32.1. The molecule has 1 N–H and O–H groups in total. The van der Waals surface area contributed by atoms with Crippen molar-refractivity contribution in [3.8, 4) is 0 Å². The van der Waals surface area contributed by atoms with Gasteiger partial charge in [0.05, 0.1) is 10.5 Å². The van der Waals surface area contributed by atoms with Crippen molar-refractivity contribution in [2.75, 3.05) is 0 Å². The number of nitrogens with zero attached hydrogens (tertiary/aromatic N) is 1. The molecule has 0 spiro atoms. The van der Waals surface area contributed by atoms with Crippen LogP contribution in [0.1, 0.15) is 33.9 Å². The molecule has 0 aliphatic heterocycles. The summed E-state index contributed by atoms with van der Waals surface area (Å²) in [6.45, 7) is 1.87. The van der Waals surface area contributed by atoms with Crippen molar-refractivity contribution < 1.29 is 9.18 Å². The number of hydrogen-bond acceptors (Lipinski definition) is 3. The van der Waals surface area contributed by atoms with Crippen LogP contribution in [0.2, 0.25) is 0 Å². The zero-order chi connectivity index (χ0) is 13.5. The Morgan fingerprint density at radius 3 is 2.58 bits per heavy atom. The second kappa shape index (κ2) is 4.42. The third-order valence-corrected chi connectivity index (χ3v) is 4.12. The van der Waals surface area contributed by atoms with Crippen molar-refractivity contribution in [2.45, 2.75) is 25.3 Å². The van der Waals surface area contributed by atoms with Gasteiger partial charge in [-0.3, -0.25) is 4.79 Å². The molecule has 1 saturated carbocycles. The molecule has 98 valence electrons. The molecule has 19 heavy (non-hydrogen) atoms. The summed E-state index contributed by atoms with van der Waals surface area (Å²) in [4.78, 5) is 16.3. The molecule has 1 amide bonds. The lowest BCUT2D eigenvalue weighted by atomic mass is 10.0. The number of aryl methyl sites for hydroxylation is 1. The summed E-state index contributed by atoms with van der Waals surface area (Å²) in [5.41, 5.74) is 1.08. The zero-order valence-electron chi connectivity index (χ0n) is 10.4. The first-order valence-corrected chi connectivity index (χ1v) is 6.98. The van der Waals surface area contributed by atoms with Gasteiger partial charge in [0.2, 0.25) is 0 Å². The molecule has 1 aromatic heterocycles. The minimum Gasteiger partial charge on any atom is -0.341 e. The van der Waals surface area contributed by atoms with Crippen LogP contribution in [0, 0.1) is 12.7 Å². The van der Waals surface area contributed by atoms with Crippen LogP contribution < -0.4 is 5.32 Å². The Morgan fingerprint density at radius 1 is 1.37 bits per heavy atom. The molecule has 1 fully saturated rings. The van der Waals surface area contributed by atoms with Crippen LogP contribution >= 0.6 is 11.3 Å². The van der Waals surface area contributed by atoms with E-state index in [2.05, 4.69) is 10.3 Å². The van der Waals surface area contributed by atoms with Gasteiger partial charge in [-0.1, -0.05) is 12.1 Å². The van der Waals surface area contributed by atoms with Crippen LogP contribution in [0.4, 0.5) is 4.39 Å². The molecule has 0 atom stereocenters. The van der Waals surface area contributed by atoms with E-state index in [9.17, 15) is 9.18 Å². The van der Waals surface area contributed by atoms with Gasteiger partial charge in [-0.25, -0.2) is 9.37 Å². The predicted molar refractivity (Wildman–Crippen MR) is 71.6 cm³/mol. The second-order valence-corrected chi connectivity index (χ2v) is 5.86. The van der Waals surface area contributed by atoms with Crippen molar-refractivity contribution >= 4 is 17.2 Å². The molecule has 0 unspecified atom stereocenters. The lowest BCUT2D eigenvalue weighted by Crippen LogP contribution is -2.35. The van der Waals surface area contributed by atoms with Crippen LogP contribution in [0.15, 0.2) is 29.6 Å². The van der Waals surface area contributed by atoms with E-state index >= 15 is 0 Å². The van der Waals surface area contributed by atoms with Crippen LogP contribution in [-0.2, 0) is 5.54 Å². The maximum Gasteiger partial charge on any atom is 0.271 e. The molecule has 0 radical (unpaired) electrons. The normalized spacial score (nSPS) is 16.1. The molecular weight excluding hydrogens is 263 g/mol. The number of aromatic nitrogens is 1. The van der Waals surface area contributed by atoms with E-state index in [0.29, 0.717) is 5.69 Å². The van der Waals surface area contributed by atoms with Crippen LogP contribution in [-0.4, -0.2) is 10.9 Å². The third kappa shape index (κ3) is 2.38. The topological polar surface area (TPSA) is 42.0 Å². The predicted octanol–water partition coefficient (Wildman–Crippen LogP) is 3.01. The number of nitrogens with one attached hydrogen (secondary N) is 1. The Kier molecular flexibility index (Phi) is 2.86. The smallest absolute Gasteiger partial charge is 0.271 e. The number of hydrogen-bond donors (Lipinski definition) is 1. The van der Waals surface area contributed by atoms with Gasteiger partial charge in [0.1, 0.15) is 11.5 Å². The first kappa shape index (κ1) is 12.3. The molecule has 1 aliphatic carbocycles. The molecule has 3 nitrogen and oxygen atoms in total. The number of thiazole rings is 1. The second-order valence-electron chi connectivity index (χ2n) is 4.79. The van der Waals surface area contributed by atoms with Crippen molar-refractivity contribution in [1.82, 2.24) is 10.3 Å².